The van der Waals surface area contributed by atoms with Gasteiger partial charge in [0.15, 0.2) is 5.82 Å². The van der Waals surface area contributed by atoms with E-state index in [9.17, 15) is 9.18 Å². The van der Waals surface area contributed by atoms with E-state index >= 15 is 0 Å². The molecule has 0 radical (unpaired) electrons. The molecular formula is C30H33FN6O3S. The lowest BCUT2D eigenvalue weighted by Gasteiger charge is -2.37. The summed E-state index contributed by atoms with van der Waals surface area (Å²) >= 11 is 1.66. The molecule has 1 amide bonds. The van der Waals surface area contributed by atoms with Crippen LogP contribution in [-0.4, -0.2) is 45.1 Å². The van der Waals surface area contributed by atoms with Gasteiger partial charge in [0.1, 0.15) is 5.82 Å². The molecule has 3 N–H and O–H groups in total. The number of aromatic amines is 1. The maximum absolute atomic E-state index is 13.7. The van der Waals surface area contributed by atoms with Crippen LogP contribution in [0.2, 0.25) is 0 Å². The molecule has 1 saturated heterocycles. The summed E-state index contributed by atoms with van der Waals surface area (Å²) in [6, 6.07) is 12.2. The van der Waals surface area contributed by atoms with Crippen LogP contribution in [0.5, 0.6) is 0 Å². The summed E-state index contributed by atoms with van der Waals surface area (Å²) < 4.78 is 25.9. The third-order valence-corrected chi connectivity index (χ3v) is 8.45. The number of H-pyrrole nitrogens is 1. The summed E-state index contributed by atoms with van der Waals surface area (Å²) in [6.45, 7) is 2.87. The summed E-state index contributed by atoms with van der Waals surface area (Å²) in [4.78, 5) is 31.5. The van der Waals surface area contributed by atoms with Crippen molar-refractivity contribution in [3.63, 3.8) is 0 Å². The first-order chi connectivity index (χ1) is 20.0. The monoisotopic (exact) mass is 576 g/mol. The third kappa shape index (κ3) is 6.32. The minimum Gasteiger partial charge on any atom is -0.353 e. The molecule has 4 aromatic rings. The van der Waals surface area contributed by atoms with Crippen LogP contribution in [0.25, 0.3) is 22.6 Å². The smallest absolute Gasteiger partial charge is 0.230 e. The zero-order valence-corrected chi connectivity index (χ0v) is 23.7. The van der Waals surface area contributed by atoms with Gasteiger partial charge in [-0.05, 0) is 61.5 Å². The maximum atomic E-state index is 13.7. The fourth-order valence-electron chi connectivity index (χ4n) is 5.17. The van der Waals surface area contributed by atoms with E-state index in [2.05, 4.69) is 20.6 Å². The Balaban J connectivity index is 1.22. The van der Waals surface area contributed by atoms with Gasteiger partial charge in [-0.3, -0.25) is 4.79 Å². The highest BCUT2D eigenvalue weighted by molar-refractivity contribution is 7.09. The average molecular weight is 577 g/mol. The van der Waals surface area contributed by atoms with Gasteiger partial charge in [0.05, 0.1) is 42.3 Å². The second kappa shape index (κ2) is 12.1. The predicted octanol–water partition coefficient (Wildman–Crippen LogP) is 5.85. The van der Waals surface area contributed by atoms with Crippen molar-refractivity contribution in [2.24, 2.45) is 5.41 Å². The van der Waals surface area contributed by atoms with E-state index in [1.165, 1.54) is 23.4 Å². The van der Waals surface area contributed by atoms with Crippen molar-refractivity contribution in [3.8, 4) is 22.6 Å². The third-order valence-electron chi connectivity index (χ3n) is 7.57. The Morgan fingerprint density at radius 1 is 1.10 bits per heavy atom. The van der Waals surface area contributed by atoms with Crippen molar-refractivity contribution < 1.29 is 18.7 Å². The van der Waals surface area contributed by atoms with Crippen LogP contribution in [-0.2, 0) is 20.8 Å². The van der Waals surface area contributed by atoms with Gasteiger partial charge in [0.2, 0.25) is 18.1 Å². The van der Waals surface area contributed by atoms with Gasteiger partial charge in [-0.2, -0.15) is 0 Å². The first kappa shape index (κ1) is 27.5. The van der Waals surface area contributed by atoms with Gasteiger partial charge < -0.3 is 25.1 Å². The van der Waals surface area contributed by atoms with Gasteiger partial charge in [-0.1, -0.05) is 25.3 Å². The number of carbonyl (C=O) groups is 1. The van der Waals surface area contributed by atoms with E-state index in [4.69, 9.17) is 19.4 Å². The van der Waals surface area contributed by atoms with Crippen LogP contribution in [0, 0.1) is 11.2 Å². The first-order valence-electron chi connectivity index (χ1n) is 14.0. The maximum Gasteiger partial charge on any atom is 0.230 e. The number of nitrogens with zero attached hydrogens (tertiary/aromatic N) is 3. The Hall–Kier alpha value is -3.67. The van der Waals surface area contributed by atoms with Crippen molar-refractivity contribution in [2.45, 2.75) is 57.9 Å². The molecule has 3 aromatic heterocycles. The molecule has 214 valence electrons. The second-order valence-corrected chi connectivity index (χ2v) is 11.9. The predicted molar refractivity (Wildman–Crippen MR) is 154 cm³/mol. The van der Waals surface area contributed by atoms with Gasteiger partial charge in [0.25, 0.3) is 0 Å². The number of thiophene rings is 1. The Kier molecular flexibility index (Phi) is 8.09. The highest BCUT2D eigenvalue weighted by atomic mass is 32.1. The number of carbonyl (C=O) groups excluding carboxylic acids is 1. The number of hydrogen-bond acceptors (Lipinski definition) is 8. The lowest BCUT2D eigenvalue weighted by molar-refractivity contribution is -0.231. The van der Waals surface area contributed by atoms with Gasteiger partial charge in [0, 0.05) is 22.7 Å². The molecule has 9 nitrogen and oxygen atoms in total. The zero-order chi connectivity index (χ0) is 28.2. The number of rotatable bonds is 8. The molecule has 0 unspecified atom stereocenters. The largest absolute Gasteiger partial charge is 0.353 e. The SMILES string of the molecule is CC1(C(=O)NC2CCCCC2)COC(c2nc(-c3ccc(F)cc3)c(-c3ccnc(NCc4cccs4)n3)[nH]2)OC1. The highest BCUT2D eigenvalue weighted by Gasteiger charge is 2.41. The molecule has 4 heterocycles. The van der Waals surface area contributed by atoms with Crippen molar-refractivity contribution in [1.29, 1.82) is 0 Å². The fraction of sp³-hybridized carbons (Fsp3) is 0.400. The van der Waals surface area contributed by atoms with Crippen molar-refractivity contribution in [2.75, 3.05) is 18.5 Å². The van der Waals surface area contributed by atoms with Crippen LogP contribution >= 0.6 is 11.3 Å². The Morgan fingerprint density at radius 3 is 2.61 bits per heavy atom. The van der Waals surface area contributed by atoms with Crippen molar-refractivity contribution >= 4 is 23.2 Å². The molecule has 2 fully saturated rings. The summed E-state index contributed by atoms with van der Waals surface area (Å²) in [5.41, 5.74) is 1.74. The quantitative estimate of drug-likeness (QED) is 0.241. The highest BCUT2D eigenvalue weighted by Crippen LogP contribution is 2.36. The lowest BCUT2D eigenvalue weighted by Crippen LogP contribution is -2.51. The first-order valence-corrected chi connectivity index (χ1v) is 14.8. The standard InChI is InChI=1S/C30H33FN6O3S/c1-30(28(38)34-21-6-3-2-4-7-21)17-39-27(40-18-30)26-36-24(19-9-11-20(31)12-10-19)25(37-26)23-13-14-32-29(35-23)33-16-22-8-5-15-41-22/h5,8-15,21,27H,2-4,6-7,16-18H2,1H3,(H,34,38)(H,36,37)(H,32,33,35). The zero-order valence-electron chi connectivity index (χ0n) is 22.9. The van der Waals surface area contributed by atoms with Crippen LogP contribution in [0.15, 0.2) is 54.0 Å². The Labute approximate surface area is 241 Å². The number of ether oxygens (including phenoxy) is 2. The summed E-state index contributed by atoms with van der Waals surface area (Å²) in [7, 11) is 0. The normalized spacial score (nSPS) is 21.5. The van der Waals surface area contributed by atoms with Crippen molar-refractivity contribution in [3.05, 3.63) is 70.6 Å². The number of halogens is 1. The van der Waals surface area contributed by atoms with Crippen LogP contribution in [0.1, 0.15) is 56.0 Å². The van der Waals surface area contributed by atoms with Gasteiger partial charge in [-0.15, -0.1) is 11.3 Å². The van der Waals surface area contributed by atoms with Gasteiger partial charge >= 0.3 is 0 Å². The molecule has 0 bridgehead atoms. The molecule has 41 heavy (non-hydrogen) atoms. The topological polar surface area (TPSA) is 114 Å². The summed E-state index contributed by atoms with van der Waals surface area (Å²) in [5.74, 6) is 0.541. The fourth-order valence-corrected chi connectivity index (χ4v) is 5.82. The molecule has 0 spiro atoms. The number of benzene rings is 1. The Morgan fingerprint density at radius 2 is 1.88 bits per heavy atom. The molecule has 1 aliphatic heterocycles. The van der Waals surface area contributed by atoms with Gasteiger partial charge in [-0.25, -0.2) is 19.3 Å². The number of amides is 1. The number of aromatic nitrogens is 4. The number of hydrogen-bond donors (Lipinski definition) is 3. The van der Waals surface area contributed by atoms with E-state index in [0.717, 1.165) is 25.7 Å². The molecular weight excluding hydrogens is 543 g/mol. The minimum absolute atomic E-state index is 0.0430. The Bertz CT molecular complexity index is 1460. The van der Waals surface area contributed by atoms with Crippen LogP contribution < -0.4 is 10.6 Å². The summed E-state index contributed by atoms with van der Waals surface area (Å²) in [6.07, 6.45) is 6.43. The van der Waals surface area contributed by atoms with Crippen LogP contribution in [0.3, 0.4) is 0 Å². The van der Waals surface area contributed by atoms with Crippen molar-refractivity contribution in [1.82, 2.24) is 25.3 Å². The summed E-state index contributed by atoms with van der Waals surface area (Å²) in [5, 5.41) is 8.48. The molecule has 6 rings (SSSR count). The van der Waals surface area contributed by atoms with E-state index < -0.39 is 11.7 Å². The number of imidazole rings is 1. The number of anilines is 1. The minimum atomic E-state index is -0.795. The molecule has 2 aliphatic rings. The van der Waals surface area contributed by atoms with E-state index in [-0.39, 0.29) is 31.0 Å². The molecule has 1 aliphatic carbocycles. The van der Waals surface area contributed by atoms with E-state index in [1.807, 2.05) is 24.4 Å². The molecule has 0 atom stereocenters. The van der Waals surface area contributed by atoms with E-state index in [1.54, 1.807) is 35.7 Å². The van der Waals surface area contributed by atoms with Crippen LogP contribution in [0.4, 0.5) is 10.3 Å². The van der Waals surface area contributed by atoms with E-state index in [0.29, 0.717) is 41.0 Å². The second-order valence-electron chi connectivity index (χ2n) is 10.9. The average Bonchev–Trinajstić information content (AvgIpc) is 3.69. The molecule has 1 saturated carbocycles. The number of nitrogens with one attached hydrogen (secondary N) is 3. The lowest BCUT2D eigenvalue weighted by atomic mass is 9.89. The molecule has 11 heteroatoms. The molecule has 1 aromatic carbocycles.